The number of nitrogens with one attached hydrogen (secondary N) is 1. The fourth-order valence-corrected chi connectivity index (χ4v) is 3.30. The molecule has 0 amide bonds. The molecule has 1 aliphatic rings. The van der Waals surface area contributed by atoms with Crippen molar-refractivity contribution < 1.29 is 45.0 Å². The molecule has 186 valence electrons. The molecular formula is C22H23N3O10. The number of aliphatic hydroxyl groups is 4. The Balaban J connectivity index is 0.000000509. The number of carbonyl (C=O) groups is 2. The Morgan fingerprint density at radius 2 is 1.63 bits per heavy atom. The van der Waals surface area contributed by atoms with E-state index in [2.05, 4.69) is 10.4 Å². The number of para-hydroxylation sites is 1. The number of ether oxygens (including phenoxy) is 1. The van der Waals surface area contributed by atoms with E-state index in [1.807, 2.05) is 6.07 Å². The van der Waals surface area contributed by atoms with E-state index in [1.54, 1.807) is 48.5 Å². The third kappa shape index (κ3) is 5.62. The maximum Gasteiger partial charge on any atom is 0.414 e. The van der Waals surface area contributed by atoms with E-state index in [9.17, 15) is 25.2 Å². The number of fused-ring (bicyclic) bond motifs is 1. The summed E-state index contributed by atoms with van der Waals surface area (Å²) in [5, 5.41) is 55.4. The second kappa shape index (κ2) is 10.6. The highest BCUT2D eigenvalue weighted by Gasteiger charge is 2.48. The van der Waals surface area contributed by atoms with Crippen molar-refractivity contribution in [3.63, 3.8) is 0 Å². The van der Waals surface area contributed by atoms with Gasteiger partial charge in [0.15, 0.2) is 5.82 Å². The first-order valence-electron chi connectivity index (χ1n) is 10.2. The van der Waals surface area contributed by atoms with Crippen LogP contribution in [-0.2, 0) is 14.3 Å². The summed E-state index contributed by atoms with van der Waals surface area (Å²) < 4.78 is 6.32. The monoisotopic (exact) mass is 489 g/mol. The number of carboxylic acids is 2. The van der Waals surface area contributed by atoms with Crippen LogP contribution in [0.1, 0.15) is 0 Å². The summed E-state index contributed by atoms with van der Waals surface area (Å²) in [6.45, 7) is -0.801. The summed E-state index contributed by atoms with van der Waals surface area (Å²) in [7, 11) is 0. The number of hydrogen-bond donors (Lipinski definition) is 7. The van der Waals surface area contributed by atoms with Gasteiger partial charge in [0.25, 0.3) is 5.56 Å². The largest absolute Gasteiger partial charge is 0.473 e. The van der Waals surface area contributed by atoms with E-state index in [4.69, 9.17) is 24.5 Å². The number of aliphatic carboxylic acids is 2. The van der Waals surface area contributed by atoms with Crippen LogP contribution in [-0.4, -0.2) is 89.5 Å². The lowest BCUT2D eigenvalue weighted by Crippen LogP contribution is -2.64. The van der Waals surface area contributed by atoms with Gasteiger partial charge in [0, 0.05) is 5.56 Å². The second-order valence-corrected chi connectivity index (χ2v) is 7.56. The van der Waals surface area contributed by atoms with E-state index in [0.717, 1.165) is 0 Å². The summed E-state index contributed by atoms with van der Waals surface area (Å²) in [6, 6.07) is 15.9. The molecule has 1 aliphatic heterocycles. The van der Waals surface area contributed by atoms with Gasteiger partial charge in [-0.1, -0.05) is 42.5 Å². The molecule has 7 N–H and O–H groups in total. The van der Waals surface area contributed by atoms with Crippen molar-refractivity contribution in [3.8, 4) is 11.4 Å². The minimum Gasteiger partial charge on any atom is -0.473 e. The zero-order chi connectivity index (χ0) is 25.8. The molecular weight excluding hydrogens is 466 g/mol. The normalized spacial score (nSPS) is 23.7. The molecule has 4 atom stereocenters. The lowest BCUT2D eigenvalue weighted by Gasteiger charge is -2.41. The number of hydrogen-bond acceptors (Lipinski definition) is 10. The summed E-state index contributed by atoms with van der Waals surface area (Å²) >= 11 is 0. The SMILES string of the molecule is O=C(O)C(=O)O.O=c1c2ccccc2nc(-c2ccccc2)n1NCC1(O)OCC(O)C(O)C1O. The lowest BCUT2D eigenvalue weighted by molar-refractivity contribution is -0.314. The molecule has 0 aliphatic carbocycles. The highest BCUT2D eigenvalue weighted by atomic mass is 16.6. The number of aliphatic hydroxyl groups excluding tert-OH is 3. The van der Waals surface area contributed by atoms with Crippen molar-refractivity contribution in [2.45, 2.75) is 24.1 Å². The summed E-state index contributed by atoms with van der Waals surface area (Å²) in [5.74, 6) is -5.55. The zero-order valence-corrected chi connectivity index (χ0v) is 18.1. The zero-order valence-electron chi connectivity index (χ0n) is 18.1. The smallest absolute Gasteiger partial charge is 0.414 e. The molecule has 13 heteroatoms. The first-order chi connectivity index (χ1) is 16.5. The molecule has 3 aromatic rings. The number of rotatable bonds is 4. The Hall–Kier alpha value is -3.88. The van der Waals surface area contributed by atoms with Crippen LogP contribution in [0.15, 0.2) is 59.4 Å². The van der Waals surface area contributed by atoms with Gasteiger partial charge in [0.2, 0.25) is 5.79 Å². The molecule has 35 heavy (non-hydrogen) atoms. The first kappa shape index (κ1) is 25.7. The lowest BCUT2D eigenvalue weighted by atomic mass is 9.97. The Bertz CT molecular complexity index is 1250. The minimum atomic E-state index is -2.21. The van der Waals surface area contributed by atoms with Crippen molar-refractivity contribution >= 4 is 22.8 Å². The molecule has 4 unspecified atom stereocenters. The van der Waals surface area contributed by atoms with Crippen molar-refractivity contribution in [1.82, 2.24) is 9.66 Å². The molecule has 13 nitrogen and oxygen atoms in total. The molecule has 4 rings (SSSR count). The second-order valence-electron chi connectivity index (χ2n) is 7.56. The molecule has 2 heterocycles. The fraction of sp³-hybridized carbons (Fsp3) is 0.273. The molecule has 0 bridgehead atoms. The summed E-state index contributed by atoms with van der Waals surface area (Å²) in [5.41, 5.74) is 3.54. The number of nitrogens with zero attached hydrogens (tertiary/aromatic N) is 2. The predicted octanol–water partition coefficient (Wildman–Crippen LogP) is -1.44. The number of carboxylic acid groups (broad SMARTS) is 2. The quantitative estimate of drug-likeness (QED) is 0.210. The average Bonchev–Trinajstić information content (AvgIpc) is 2.85. The number of benzene rings is 2. The Labute approximate surface area is 197 Å². The van der Waals surface area contributed by atoms with E-state index in [0.29, 0.717) is 22.3 Å². The van der Waals surface area contributed by atoms with E-state index < -0.39 is 48.1 Å². The van der Waals surface area contributed by atoms with Gasteiger partial charge in [0.05, 0.1) is 24.1 Å². The Kier molecular flexibility index (Phi) is 7.78. The van der Waals surface area contributed by atoms with Crippen LogP contribution < -0.4 is 11.0 Å². The molecule has 0 saturated carbocycles. The van der Waals surface area contributed by atoms with Crippen LogP contribution in [0.3, 0.4) is 0 Å². The molecule has 1 saturated heterocycles. The topological polar surface area (TPSA) is 212 Å². The van der Waals surface area contributed by atoms with E-state index in [1.165, 1.54) is 4.68 Å². The third-order valence-corrected chi connectivity index (χ3v) is 5.17. The van der Waals surface area contributed by atoms with Crippen LogP contribution in [0.4, 0.5) is 0 Å². The van der Waals surface area contributed by atoms with Gasteiger partial charge in [-0.2, -0.15) is 0 Å². The summed E-state index contributed by atoms with van der Waals surface area (Å²) in [6.07, 6.45) is -4.69. The van der Waals surface area contributed by atoms with Gasteiger partial charge >= 0.3 is 11.9 Å². The van der Waals surface area contributed by atoms with Crippen LogP contribution in [0.25, 0.3) is 22.3 Å². The third-order valence-electron chi connectivity index (χ3n) is 5.17. The molecule has 2 aromatic carbocycles. The fourth-order valence-electron chi connectivity index (χ4n) is 3.30. The van der Waals surface area contributed by atoms with Crippen molar-refractivity contribution in [3.05, 3.63) is 65.0 Å². The Morgan fingerprint density at radius 1 is 1.03 bits per heavy atom. The van der Waals surface area contributed by atoms with Gasteiger partial charge in [-0.05, 0) is 12.1 Å². The van der Waals surface area contributed by atoms with Crippen LogP contribution in [0.5, 0.6) is 0 Å². The number of aromatic nitrogens is 2. The molecule has 1 fully saturated rings. The van der Waals surface area contributed by atoms with Gasteiger partial charge < -0.3 is 40.8 Å². The van der Waals surface area contributed by atoms with Gasteiger partial charge in [-0.3, -0.25) is 4.79 Å². The maximum absolute atomic E-state index is 13.1. The van der Waals surface area contributed by atoms with Crippen LogP contribution >= 0.6 is 0 Å². The average molecular weight is 489 g/mol. The van der Waals surface area contributed by atoms with E-state index >= 15 is 0 Å². The molecule has 0 spiro atoms. The van der Waals surface area contributed by atoms with Crippen molar-refractivity contribution in [2.24, 2.45) is 0 Å². The van der Waals surface area contributed by atoms with Gasteiger partial charge in [0.1, 0.15) is 18.3 Å². The highest BCUT2D eigenvalue weighted by Crippen LogP contribution is 2.24. The molecule has 0 radical (unpaired) electrons. The van der Waals surface area contributed by atoms with Gasteiger partial charge in [-0.25, -0.2) is 19.2 Å². The standard InChI is InChI=1S/C20H21N3O6.C2H2O4/c24-15-10-29-20(28,17(26)16(15)25)11-21-23-18(12-6-2-1-3-7-12)22-14-9-5-4-8-13(14)19(23)27;3-1(4)2(5)6/h1-9,15-17,21,24-26,28H,10-11H2;(H,3,4)(H,5,6). The first-order valence-corrected chi connectivity index (χ1v) is 10.2. The van der Waals surface area contributed by atoms with E-state index in [-0.39, 0.29) is 6.61 Å². The predicted molar refractivity (Wildman–Crippen MR) is 120 cm³/mol. The van der Waals surface area contributed by atoms with Crippen molar-refractivity contribution in [1.29, 1.82) is 0 Å². The van der Waals surface area contributed by atoms with Gasteiger partial charge in [-0.15, -0.1) is 0 Å². The van der Waals surface area contributed by atoms with Crippen LogP contribution in [0, 0.1) is 0 Å². The minimum absolute atomic E-state index is 0.309. The highest BCUT2D eigenvalue weighted by molar-refractivity contribution is 6.27. The summed E-state index contributed by atoms with van der Waals surface area (Å²) in [4.78, 5) is 35.8. The Morgan fingerprint density at radius 3 is 2.26 bits per heavy atom. The molecule has 1 aromatic heterocycles. The maximum atomic E-state index is 13.1. The van der Waals surface area contributed by atoms with Crippen molar-refractivity contribution in [2.75, 3.05) is 18.6 Å². The van der Waals surface area contributed by atoms with Crippen LogP contribution in [0.2, 0.25) is 0 Å².